The van der Waals surface area contributed by atoms with Crippen LogP contribution in [-0.4, -0.2) is 17.0 Å². The molecule has 0 fully saturated rings. The fourth-order valence-corrected chi connectivity index (χ4v) is 0.550. The zero-order valence-electron chi connectivity index (χ0n) is 5.16. The number of nitrogens with zero attached hydrogens (tertiary/aromatic N) is 2. The molecule has 5 nitrogen and oxygen atoms in total. The van der Waals surface area contributed by atoms with E-state index in [2.05, 4.69) is 10.2 Å². The van der Waals surface area contributed by atoms with Crippen molar-refractivity contribution in [1.82, 2.24) is 0 Å². The zero-order valence-corrected chi connectivity index (χ0v) is 5.16. The number of hydrogen-bond acceptors (Lipinski definition) is 3. The van der Waals surface area contributed by atoms with Gasteiger partial charge in [0.05, 0.1) is 5.57 Å². The van der Waals surface area contributed by atoms with E-state index in [-0.39, 0.29) is 11.3 Å². The van der Waals surface area contributed by atoms with Crippen molar-refractivity contribution in [1.29, 1.82) is 0 Å². The van der Waals surface area contributed by atoms with Gasteiger partial charge < -0.3 is 5.11 Å². The maximum absolute atomic E-state index is 10.5. The van der Waals surface area contributed by atoms with Crippen LogP contribution in [0.25, 0.3) is 0 Å². The van der Waals surface area contributed by atoms with Crippen LogP contribution in [0, 0.1) is 0 Å². The number of azo groups is 1. The highest BCUT2D eigenvalue weighted by molar-refractivity contribution is 6.04. The lowest BCUT2D eigenvalue weighted by Gasteiger charge is -1.86. The summed E-state index contributed by atoms with van der Waals surface area (Å²) in [6.07, 6.45) is 0. The van der Waals surface area contributed by atoms with E-state index >= 15 is 0 Å². The number of aliphatic carboxylic acids is 1. The Labute approximate surface area is 56.1 Å². The Bertz CT molecular complexity index is 264. The molecule has 10 heavy (non-hydrogen) atoms. The molecule has 0 aromatic heterocycles. The fourth-order valence-electron chi connectivity index (χ4n) is 0.550. The average Bonchev–Trinajstić information content (AvgIpc) is 2.14. The Morgan fingerprint density at radius 2 is 2.10 bits per heavy atom. The molecule has 1 amide bonds. The van der Waals surface area contributed by atoms with Crippen molar-refractivity contribution in [3.8, 4) is 0 Å². The smallest absolute Gasteiger partial charge is 0.356 e. The molecule has 1 aliphatic heterocycles. The molecule has 0 saturated carbocycles. The molecule has 0 spiro atoms. The minimum atomic E-state index is -1.22. The second kappa shape index (κ2) is 2.02. The third-order valence-electron chi connectivity index (χ3n) is 1.12. The van der Waals surface area contributed by atoms with Gasteiger partial charge in [-0.3, -0.25) is 4.79 Å². The van der Waals surface area contributed by atoms with Gasteiger partial charge in [-0.2, -0.15) is 0 Å². The van der Waals surface area contributed by atoms with Gasteiger partial charge in [0, 0.05) is 0 Å². The molecule has 0 aromatic carbocycles. The van der Waals surface area contributed by atoms with Crippen LogP contribution >= 0.6 is 0 Å². The first-order valence-electron chi connectivity index (χ1n) is 2.53. The van der Waals surface area contributed by atoms with Crippen LogP contribution in [0.15, 0.2) is 21.5 Å². The second-order valence-corrected chi connectivity index (χ2v) is 1.78. The molecule has 1 heterocycles. The van der Waals surface area contributed by atoms with Crippen molar-refractivity contribution in [3.05, 3.63) is 11.3 Å². The summed E-state index contributed by atoms with van der Waals surface area (Å²) in [6.45, 7) is 1.38. The maximum atomic E-state index is 10.5. The molecule has 0 aliphatic carbocycles. The quantitative estimate of drug-likeness (QED) is 0.570. The Morgan fingerprint density at radius 1 is 1.50 bits per heavy atom. The predicted octanol–water partition coefficient (Wildman–Crippen LogP) is 0.337. The monoisotopic (exact) mass is 140 g/mol. The summed E-state index contributed by atoms with van der Waals surface area (Å²) >= 11 is 0. The Balaban J connectivity index is 3.07. The molecule has 0 atom stereocenters. The second-order valence-electron chi connectivity index (χ2n) is 1.78. The lowest BCUT2D eigenvalue weighted by molar-refractivity contribution is -0.132. The topological polar surface area (TPSA) is 79.1 Å². The van der Waals surface area contributed by atoms with E-state index in [9.17, 15) is 9.59 Å². The first-order valence-corrected chi connectivity index (χ1v) is 2.53. The molecule has 0 unspecified atom stereocenters. The number of carbonyl (C=O) groups is 2. The summed E-state index contributed by atoms with van der Waals surface area (Å²) in [5.74, 6) is -1.79. The van der Waals surface area contributed by atoms with Gasteiger partial charge in [0.2, 0.25) is 0 Å². The van der Waals surface area contributed by atoms with Gasteiger partial charge in [0.1, 0.15) is 0 Å². The highest BCUT2D eigenvalue weighted by Crippen LogP contribution is 2.15. The van der Waals surface area contributed by atoms with Crippen LogP contribution in [0.3, 0.4) is 0 Å². The minimum absolute atomic E-state index is 0.0903. The Morgan fingerprint density at radius 3 is 2.30 bits per heavy atom. The Kier molecular flexibility index (Phi) is 1.33. The molecule has 1 aliphatic rings. The van der Waals surface area contributed by atoms with Crippen molar-refractivity contribution < 1.29 is 14.7 Å². The van der Waals surface area contributed by atoms with Crippen molar-refractivity contribution in [2.75, 3.05) is 0 Å². The van der Waals surface area contributed by atoms with E-state index < -0.39 is 11.9 Å². The fraction of sp³-hybridized carbons (Fsp3) is 0.200. The average molecular weight is 140 g/mol. The minimum Gasteiger partial charge on any atom is -0.476 e. The number of carbonyl (C=O) groups excluding carboxylic acids is 1. The lowest BCUT2D eigenvalue weighted by Crippen LogP contribution is -2.00. The largest absolute Gasteiger partial charge is 0.476 e. The van der Waals surface area contributed by atoms with Crippen LogP contribution in [0.2, 0.25) is 0 Å². The normalized spacial score (nSPS) is 16.7. The number of hydrogen-bond donors (Lipinski definition) is 1. The lowest BCUT2D eigenvalue weighted by atomic mass is 10.2. The molecule has 1 rings (SSSR count). The van der Waals surface area contributed by atoms with Crippen molar-refractivity contribution in [3.63, 3.8) is 0 Å². The first-order chi connectivity index (χ1) is 4.63. The van der Waals surface area contributed by atoms with Crippen molar-refractivity contribution in [2.45, 2.75) is 6.92 Å². The summed E-state index contributed by atoms with van der Waals surface area (Å²) in [6, 6.07) is 0. The third-order valence-corrected chi connectivity index (χ3v) is 1.12. The third kappa shape index (κ3) is 0.812. The van der Waals surface area contributed by atoms with E-state index in [1.807, 2.05) is 0 Å². The SMILES string of the molecule is CC1=C(C(=O)O)N=NC1=O. The molecule has 52 valence electrons. The number of carboxylic acids is 1. The maximum Gasteiger partial charge on any atom is 0.356 e. The Hall–Kier alpha value is -1.52. The molecule has 5 heteroatoms. The van der Waals surface area contributed by atoms with Gasteiger partial charge in [0.15, 0.2) is 5.70 Å². The van der Waals surface area contributed by atoms with Crippen LogP contribution in [0.4, 0.5) is 0 Å². The van der Waals surface area contributed by atoms with E-state index in [1.54, 1.807) is 0 Å². The summed E-state index contributed by atoms with van der Waals surface area (Å²) in [5.41, 5.74) is -0.169. The molecular weight excluding hydrogens is 136 g/mol. The van der Waals surface area contributed by atoms with E-state index in [1.165, 1.54) is 6.92 Å². The van der Waals surface area contributed by atoms with Crippen molar-refractivity contribution >= 4 is 11.9 Å². The van der Waals surface area contributed by atoms with Gasteiger partial charge in [-0.1, -0.05) is 0 Å². The summed E-state index contributed by atoms with van der Waals surface area (Å²) < 4.78 is 0. The van der Waals surface area contributed by atoms with E-state index in [0.717, 1.165) is 0 Å². The van der Waals surface area contributed by atoms with E-state index in [0.29, 0.717) is 0 Å². The number of carboxylic acid groups (broad SMARTS) is 1. The molecule has 0 bridgehead atoms. The highest BCUT2D eigenvalue weighted by atomic mass is 16.4. The van der Waals surface area contributed by atoms with Crippen LogP contribution in [-0.2, 0) is 9.59 Å². The first kappa shape index (κ1) is 6.60. The van der Waals surface area contributed by atoms with E-state index in [4.69, 9.17) is 5.11 Å². The predicted molar refractivity (Wildman–Crippen MR) is 30.2 cm³/mol. The number of rotatable bonds is 1. The molecule has 1 N–H and O–H groups in total. The van der Waals surface area contributed by atoms with Crippen molar-refractivity contribution in [2.24, 2.45) is 10.2 Å². The molecule has 0 aromatic rings. The molecule has 0 radical (unpaired) electrons. The summed E-state index contributed by atoms with van der Waals surface area (Å²) in [4.78, 5) is 20.7. The van der Waals surface area contributed by atoms with Crippen LogP contribution < -0.4 is 0 Å². The van der Waals surface area contributed by atoms with Gasteiger partial charge in [-0.05, 0) is 6.92 Å². The summed E-state index contributed by atoms with van der Waals surface area (Å²) in [7, 11) is 0. The van der Waals surface area contributed by atoms with Crippen LogP contribution in [0.1, 0.15) is 6.92 Å². The van der Waals surface area contributed by atoms with Crippen LogP contribution in [0.5, 0.6) is 0 Å². The number of amides is 1. The zero-order chi connectivity index (χ0) is 7.72. The standard InChI is InChI=1S/C5H4N2O3/c1-2-3(5(9)10)6-7-4(2)8/h1H3,(H,9,10). The van der Waals surface area contributed by atoms with Gasteiger partial charge in [-0.25, -0.2) is 4.79 Å². The van der Waals surface area contributed by atoms with Gasteiger partial charge in [0.25, 0.3) is 5.91 Å². The van der Waals surface area contributed by atoms with Gasteiger partial charge >= 0.3 is 5.97 Å². The molecular formula is C5H4N2O3. The van der Waals surface area contributed by atoms with Gasteiger partial charge in [-0.15, -0.1) is 10.2 Å². The molecule has 0 saturated heterocycles. The summed E-state index contributed by atoms with van der Waals surface area (Å²) in [5, 5.41) is 14.5. The highest BCUT2D eigenvalue weighted by Gasteiger charge is 2.21.